The molecule has 1 aromatic rings. The Kier molecular flexibility index (Phi) is 3.85. The number of nitrogens with one attached hydrogen (secondary N) is 1. The molecule has 78 valence electrons. The molecule has 0 aliphatic heterocycles. The number of benzene rings is 1. The number of likely N-dealkylation sites (N-methyl/N-ethyl adjacent to an activating group) is 1. The van der Waals surface area contributed by atoms with Crippen LogP contribution in [0, 0.1) is 5.82 Å². The van der Waals surface area contributed by atoms with Crippen LogP contribution in [0.5, 0.6) is 5.75 Å². The summed E-state index contributed by atoms with van der Waals surface area (Å²) < 4.78 is 18.2. The first-order valence-corrected chi connectivity index (χ1v) is 4.35. The zero-order chi connectivity index (χ0) is 10.6. The van der Waals surface area contributed by atoms with E-state index in [9.17, 15) is 9.50 Å². The fourth-order valence-electron chi connectivity index (χ4n) is 1.21. The van der Waals surface area contributed by atoms with E-state index in [-0.39, 0.29) is 5.56 Å². The summed E-state index contributed by atoms with van der Waals surface area (Å²) in [6.07, 6.45) is -0.852. The van der Waals surface area contributed by atoms with Gasteiger partial charge in [0, 0.05) is 12.1 Å². The number of methoxy groups -OCH3 is 1. The minimum Gasteiger partial charge on any atom is -0.497 e. The molecule has 0 amide bonds. The molecular weight excluding hydrogens is 185 g/mol. The number of hydrogen-bond acceptors (Lipinski definition) is 3. The van der Waals surface area contributed by atoms with Gasteiger partial charge in [-0.2, -0.15) is 0 Å². The number of halogens is 1. The van der Waals surface area contributed by atoms with E-state index in [1.165, 1.54) is 25.3 Å². The van der Waals surface area contributed by atoms with Crippen LogP contribution in [0.3, 0.4) is 0 Å². The van der Waals surface area contributed by atoms with Gasteiger partial charge < -0.3 is 15.2 Å². The first-order chi connectivity index (χ1) is 6.69. The summed E-state index contributed by atoms with van der Waals surface area (Å²) in [7, 11) is 3.20. The standard InChI is InChI=1S/C10H14FNO2/c1-12-6-10(13)8-5-7(14-2)3-4-9(8)11/h3-5,10,12-13H,6H2,1-2H3/t10-/m0/s1. The molecule has 0 fully saturated rings. The van der Waals surface area contributed by atoms with E-state index in [1.54, 1.807) is 7.05 Å². The van der Waals surface area contributed by atoms with Gasteiger partial charge in [0.15, 0.2) is 0 Å². The molecule has 0 saturated heterocycles. The van der Waals surface area contributed by atoms with Crippen LogP contribution in [-0.2, 0) is 0 Å². The topological polar surface area (TPSA) is 41.5 Å². The third kappa shape index (κ3) is 2.43. The van der Waals surface area contributed by atoms with Crippen molar-refractivity contribution in [3.63, 3.8) is 0 Å². The molecule has 0 aliphatic carbocycles. The Morgan fingerprint density at radius 2 is 2.29 bits per heavy atom. The van der Waals surface area contributed by atoms with E-state index in [1.807, 2.05) is 0 Å². The predicted octanol–water partition coefficient (Wildman–Crippen LogP) is 1.09. The van der Waals surface area contributed by atoms with Crippen LogP contribution < -0.4 is 10.1 Å². The first-order valence-electron chi connectivity index (χ1n) is 4.35. The average Bonchev–Trinajstić information content (AvgIpc) is 2.19. The van der Waals surface area contributed by atoms with Gasteiger partial charge >= 0.3 is 0 Å². The first kappa shape index (κ1) is 10.9. The maximum atomic E-state index is 13.2. The van der Waals surface area contributed by atoms with Crippen molar-refractivity contribution in [2.24, 2.45) is 0 Å². The smallest absolute Gasteiger partial charge is 0.129 e. The van der Waals surface area contributed by atoms with Crippen LogP contribution in [0.1, 0.15) is 11.7 Å². The largest absolute Gasteiger partial charge is 0.497 e. The number of aliphatic hydroxyl groups excluding tert-OH is 1. The van der Waals surface area contributed by atoms with E-state index in [4.69, 9.17) is 4.74 Å². The zero-order valence-corrected chi connectivity index (χ0v) is 8.25. The van der Waals surface area contributed by atoms with Gasteiger partial charge in [0.1, 0.15) is 11.6 Å². The number of aliphatic hydroxyl groups is 1. The molecule has 1 rings (SSSR count). The van der Waals surface area contributed by atoms with Crippen molar-refractivity contribution in [1.29, 1.82) is 0 Å². The maximum absolute atomic E-state index is 13.2. The lowest BCUT2D eigenvalue weighted by atomic mass is 10.1. The van der Waals surface area contributed by atoms with Crippen LogP contribution >= 0.6 is 0 Å². The fraction of sp³-hybridized carbons (Fsp3) is 0.400. The number of hydrogen-bond donors (Lipinski definition) is 2. The highest BCUT2D eigenvalue weighted by atomic mass is 19.1. The molecule has 0 unspecified atom stereocenters. The third-order valence-electron chi connectivity index (χ3n) is 1.96. The van der Waals surface area contributed by atoms with Crippen LogP contribution in [0.2, 0.25) is 0 Å². The molecule has 0 saturated carbocycles. The minimum absolute atomic E-state index is 0.249. The van der Waals surface area contributed by atoms with Gasteiger partial charge in [0.2, 0.25) is 0 Å². The molecule has 2 N–H and O–H groups in total. The molecular formula is C10H14FNO2. The molecule has 1 aromatic carbocycles. The Morgan fingerprint density at radius 3 is 2.86 bits per heavy atom. The molecule has 3 nitrogen and oxygen atoms in total. The normalized spacial score (nSPS) is 12.6. The highest BCUT2D eigenvalue weighted by Gasteiger charge is 2.12. The quantitative estimate of drug-likeness (QED) is 0.762. The van der Waals surface area contributed by atoms with Gasteiger partial charge in [0.25, 0.3) is 0 Å². The molecule has 4 heteroatoms. The average molecular weight is 199 g/mol. The van der Waals surface area contributed by atoms with Crippen LogP contribution in [0.4, 0.5) is 4.39 Å². The van der Waals surface area contributed by atoms with Crippen LogP contribution in [0.25, 0.3) is 0 Å². The Balaban J connectivity index is 2.93. The van der Waals surface area contributed by atoms with Gasteiger partial charge in [-0.15, -0.1) is 0 Å². The van der Waals surface area contributed by atoms with Gasteiger partial charge in [-0.3, -0.25) is 0 Å². The summed E-state index contributed by atoms with van der Waals surface area (Å²) in [5.74, 6) is 0.116. The molecule has 0 aromatic heterocycles. The monoisotopic (exact) mass is 199 g/mol. The van der Waals surface area contributed by atoms with Gasteiger partial charge in [-0.1, -0.05) is 0 Å². The summed E-state index contributed by atoms with van der Waals surface area (Å²) in [5.41, 5.74) is 0.249. The van der Waals surface area contributed by atoms with Gasteiger partial charge in [-0.25, -0.2) is 4.39 Å². The third-order valence-corrected chi connectivity index (χ3v) is 1.96. The highest BCUT2D eigenvalue weighted by Crippen LogP contribution is 2.21. The Morgan fingerprint density at radius 1 is 1.57 bits per heavy atom. The minimum atomic E-state index is -0.852. The van der Waals surface area contributed by atoms with Crippen molar-refractivity contribution >= 4 is 0 Å². The Labute approximate surface area is 82.5 Å². The second-order valence-corrected chi connectivity index (χ2v) is 2.96. The van der Waals surface area contributed by atoms with E-state index in [0.717, 1.165) is 0 Å². The van der Waals surface area contributed by atoms with Crippen molar-refractivity contribution < 1.29 is 14.2 Å². The van der Waals surface area contributed by atoms with E-state index in [2.05, 4.69) is 5.32 Å². The fourth-order valence-corrected chi connectivity index (χ4v) is 1.21. The SMILES string of the molecule is CNC[C@H](O)c1cc(OC)ccc1F. The van der Waals surface area contributed by atoms with Crippen LogP contribution in [-0.4, -0.2) is 25.8 Å². The van der Waals surface area contributed by atoms with Gasteiger partial charge in [-0.05, 0) is 25.2 Å². The molecule has 0 radical (unpaired) electrons. The summed E-state index contributed by atoms with van der Waals surface area (Å²) in [5, 5.41) is 12.3. The van der Waals surface area contributed by atoms with Crippen molar-refractivity contribution in [1.82, 2.24) is 5.32 Å². The lowest BCUT2D eigenvalue weighted by Gasteiger charge is -2.12. The lowest BCUT2D eigenvalue weighted by Crippen LogP contribution is -2.17. The van der Waals surface area contributed by atoms with Crippen molar-refractivity contribution in [3.8, 4) is 5.75 Å². The Bertz CT molecular complexity index is 304. The van der Waals surface area contributed by atoms with Crippen LogP contribution in [0.15, 0.2) is 18.2 Å². The van der Waals surface area contributed by atoms with Crippen molar-refractivity contribution in [2.75, 3.05) is 20.7 Å². The Hall–Kier alpha value is -1.13. The second-order valence-electron chi connectivity index (χ2n) is 2.96. The molecule has 0 aliphatic rings. The lowest BCUT2D eigenvalue weighted by molar-refractivity contribution is 0.172. The van der Waals surface area contributed by atoms with E-state index >= 15 is 0 Å². The molecule has 0 bridgehead atoms. The zero-order valence-electron chi connectivity index (χ0n) is 8.25. The summed E-state index contributed by atoms with van der Waals surface area (Å²) in [4.78, 5) is 0. The molecule has 1 atom stereocenters. The molecule has 14 heavy (non-hydrogen) atoms. The van der Waals surface area contributed by atoms with Gasteiger partial charge in [0.05, 0.1) is 13.2 Å². The summed E-state index contributed by atoms with van der Waals surface area (Å²) in [6, 6.07) is 4.30. The highest BCUT2D eigenvalue weighted by molar-refractivity contribution is 5.31. The van der Waals surface area contributed by atoms with Crippen molar-refractivity contribution in [3.05, 3.63) is 29.6 Å². The van der Waals surface area contributed by atoms with E-state index < -0.39 is 11.9 Å². The second kappa shape index (κ2) is 4.93. The summed E-state index contributed by atoms with van der Waals surface area (Å²) in [6.45, 7) is 0.310. The number of rotatable bonds is 4. The number of ether oxygens (including phenoxy) is 1. The molecule has 0 heterocycles. The molecule has 0 spiro atoms. The maximum Gasteiger partial charge on any atom is 0.129 e. The van der Waals surface area contributed by atoms with Crippen molar-refractivity contribution in [2.45, 2.75) is 6.10 Å². The predicted molar refractivity (Wildman–Crippen MR) is 51.8 cm³/mol. The van der Waals surface area contributed by atoms with E-state index in [0.29, 0.717) is 12.3 Å². The summed E-state index contributed by atoms with van der Waals surface area (Å²) >= 11 is 0.